The molecule has 2 fully saturated rings. The number of carbonyl (C=O) groups is 11. The first-order valence-corrected chi connectivity index (χ1v) is 23.1. The summed E-state index contributed by atoms with van der Waals surface area (Å²) in [6.07, 6.45) is 1.18. The summed E-state index contributed by atoms with van der Waals surface area (Å²) < 4.78 is 4.98. The number of nitrogens with zero attached hydrogens (tertiary/aromatic N) is 1. The van der Waals surface area contributed by atoms with Crippen LogP contribution >= 0.6 is 0 Å². The molecule has 0 aromatic carbocycles. The minimum absolute atomic E-state index is 0.0904. The molecule has 0 bridgehead atoms. The number of aliphatic hydroxyl groups is 1. The first kappa shape index (κ1) is 58.2. The molecule has 25 heteroatoms. The first-order chi connectivity index (χ1) is 32.0. The Kier molecular flexibility index (Phi) is 25.4. The molecule has 0 saturated carbocycles. The number of carbonyl (C=O) groups excluding carboxylic acids is 10. The summed E-state index contributed by atoms with van der Waals surface area (Å²) in [7, 11) is 1.53. The lowest BCUT2D eigenvalue weighted by Crippen LogP contribution is -2.57. The van der Waals surface area contributed by atoms with Crippen LogP contribution in [0.5, 0.6) is 0 Å². The summed E-state index contributed by atoms with van der Waals surface area (Å²) in [4.78, 5) is 142. The number of ether oxygens (including phenoxy) is 1. The zero-order valence-electron chi connectivity index (χ0n) is 39.9. The molecular weight excluding hydrogens is 895 g/mol. The molecule has 2 heterocycles. The monoisotopic (exact) mass is 968 g/mol. The van der Waals surface area contributed by atoms with Crippen LogP contribution in [0.3, 0.4) is 0 Å². The fourth-order valence-corrected chi connectivity index (χ4v) is 7.48. The molecule has 0 aromatic rings. The number of carboxylic acid groups (broad SMARTS) is 1. The lowest BCUT2D eigenvalue weighted by molar-refractivity contribution is -0.144. The van der Waals surface area contributed by atoms with Crippen LogP contribution in [-0.2, 0) is 57.5 Å². The number of nitrogens with two attached hydrogens (primary N) is 1. The average Bonchev–Trinajstić information content (AvgIpc) is 3.95. The number of aliphatic carboxylic acids is 1. The number of unbranched alkanes of at least 4 members (excludes halogenated alkanes) is 1. The van der Waals surface area contributed by atoms with Gasteiger partial charge in [0.25, 0.3) is 0 Å². The molecule has 8 atom stereocenters. The van der Waals surface area contributed by atoms with Crippen molar-refractivity contribution >= 4 is 65.0 Å². The quantitative estimate of drug-likeness (QED) is 0.0304. The van der Waals surface area contributed by atoms with Crippen molar-refractivity contribution in [2.45, 2.75) is 147 Å². The van der Waals surface area contributed by atoms with Crippen LogP contribution in [0.25, 0.3) is 0 Å². The average molecular weight is 968 g/mol. The molecule has 13 N–H and O–H groups in total. The standard InChI is InChI=1S/C43H73N11O14/c1-23(2)16-30(53-40(63)27(12-13-33(44)56)50-34(57)20-46-38(61)29-18-26(55)19-45-29)39(62)47-21-35(58)51-31(17-24(3)4)41(64)49-25(5)37(60)48-22-36(59)54-14-9-11-32(54)42(65)52-28(43(66)67)10-7-8-15-68-6/h23-32,45,55H,7-22H2,1-6H3,(H2,44,56)(H,46,61)(H,47,62)(H,48,60)(H,49,64)(H,50,57)(H,51,58)(H,52,65)(H,53,63)(H,66,67)/t25-,26+,27-,28-,29-,30-,31-,32-/m0/s1. The number of carboxylic acids is 1. The highest BCUT2D eigenvalue weighted by Gasteiger charge is 2.37. The van der Waals surface area contributed by atoms with Crippen molar-refractivity contribution in [2.24, 2.45) is 17.6 Å². The Labute approximate surface area is 396 Å². The summed E-state index contributed by atoms with van der Waals surface area (Å²) in [5.41, 5.74) is 5.28. The van der Waals surface area contributed by atoms with Crippen molar-refractivity contribution in [2.75, 3.05) is 46.4 Å². The van der Waals surface area contributed by atoms with Crippen molar-refractivity contribution < 1.29 is 67.7 Å². The summed E-state index contributed by atoms with van der Waals surface area (Å²) in [6.45, 7) is 7.70. The lowest BCUT2D eigenvalue weighted by Gasteiger charge is -2.26. The van der Waals surface area contributed by atoms with Crippen molar-refractivity contribution in [3.63, 3.8) is 0 Å². The van der Waals surface area contributed by atoms with E-state index in [1.807, 2.05) is 0 Å². The van der Waals surface area contributed by atoms with E-state index in [4.69, 9.17) is 10.5 Å². The second kappa shape index (κ2) is 29.7. The fraction of sp³-hybridized carbons (Fsp3) is 0.744. The number of likely N-dealkylation sites (tertiary alicyclic amines) is 1. The number of rotatable bonds is 30. The number of hydrogen-bond acceptors (Lipinski definition) is 14. The van der Waals surface area contributed by atoms with Crippen LogP contribution in [0.2, 0.25) is 0 Å². The summed E-state index contributed by atoms with van der Waals surface area (Å²) in [5, 5.41) is 42.0. The van der Waals surface area contributed by atoms with E-state index >= 15 is 0 Å². The highest BCUT2D eigenvalue weighted by atomic mass is 16.5. The predicted molar refractivity (Wildman–Crippen MR) is 242 cm³/mol. The molecule has 0 aliphatic carbocycles. The predicted octanol–water partition coefficient (Wildman–Crippen LogP) is -4.25. The Morgan fingerprint density at radius 1 is 0.691 bits per heavy atom. The van der Waals surface area contributed by atoms with Gasteiger partial charge in [-0.1, -0.05) is 27.7 Å². The van der Waals surface area contributed by atoms with Gasteiger partial charge in [-0.2, -0.15) is 0 Å². The molecule has 10 amide bonds. The van der Waals surface area contributed by atoms with Gasteiger partial charge >= 0.3 is 5.97 Å². The highest BCUT2D eigenvalue weighted by molar-refractivity contribution is 5.97. The normalized spacial score (nSPS) is 18.8. The third-order valence-corrected chi connectivity index (χ3v) is 11.0. The Morgan fingerprint density at radius 3 is 1.85 bits per heavy atom. The zero-order chi connectivity index (χ0) is 51.1. The van der Waals surface area contributed by atoms with Gasteiger partial charge in [0.1, 0.15) is 36.3 Å². The Hall–Kier alpha value is -5.95. The number of β-amino-alcohol motifs (C(OH)–C–C–N with tert-alkyl or cyclic N) is 1. The Morgan fingerprint density at radius 2 is 1.28 bits per heavy atom. The van der Waals surface area contributed by atoms with E-state index in [1.165, 1.54) is 18.9 Å². The molecule has 2 saturated heterocycles. The van der Waals surface area contributed by atoms with E-state index in [0.29, 0.717) is 32.3 Å². The van der Waals surface area contributed by atoms with Crippen LogP contribution in [0.1, 0.15) is 98.8 Å². The molecule has 2 aliphatic rings. The number of amides is 10. The number of nitrogens with one attached hydrogen (secondary N) is 9. The van der Waals surface area contributed by atoms with Gasteiger partial charge in [0.15, 0.2) is 0 Å². The fourth-order valence-electron chi connectivity index (χ4n) is 7.48. The maximum Gasteiger partial charge on any atom is 0.326 e. The van der Waals surface area contributed by atoms with Gasteiger partial charge in [-0.3, -0.25) is 47.9 Å². The largest absolute Gasteiger partial charge is 0.480 e. The summed E-state index contributed by atoms with van der Waals surface area (Å²) in [6, 6.07) is -7.71. The molecule has 68 heavy (non-hydrogen) atoms. The maximum atomic E-state index is 13.4. The highest BCUT2D eigenvalue weighted by Crippen LogP contribution is 2.18. The SMILES string of the molecule is COCCCC[C@H](NC(=O)[C@@H]1CCCN1C(=O)CNC(=O)[C@H](C)NC(=O)[C@H](CC(C)C)NC(=O)CNC(=O)[C@H](CC(C)C)NC(=O)[C@H](CCC(N)=O)NC(=O)CNC(=O)[C@@H]1C[C@@H](O)CN1)C(=O)O. The van der Waals surface area contributed by atoms with E-state index in [2.05, 4.69) is 47.9 Å². The van der Waals surface area contributed by atoms with Gasteiger partial charge in [0.2, 0.25) is 59.1 Å². The first-order valence-electron chi connectivity index (χ1n) is 23.1. The van der Waals surface area contributed by atoms with Gasteiger partial charge in [-0.05, 0) is 76.5 Å². The van der Waals surface area contributed by atoms with Crippen LogP contribution in [-0.4, -0.2) is 175 Å². The number of primary amides is 1. The number of methoxy groups -OCH3 is 1. The van der Waals surface area contributed by atoms with E-state index < -0.39 is 133 Å². The van der Waals surface area contributed by atoms with Crippen LogP contribution in [0.4, 0.5) is 0 Å². The third-order valence-electron chi connectivity index (χ3n) is 11.0. The molecule has 384 valence electrons. The van der Waals surface area contributed by atoms with Crippen molar-refractivity contribution in [3.8, 4) is 0 Å². The third kappa shape index (κ3) is 21.3. The van der Waals surface area contributed by atoms with Crippen molar-refractivity contribution in [1.82, 2.24) is 52.8 Å². The number of hydrogen-bond donors (Lipinski definition) is 12. The molecule has 0 aromatic heterocycles. The van der Waals surface area contributed by atoms with Crippen LogP contribution in [0.15, 0.2) is 0 Å². The Bertz CT molecular complexity index is 1780. The molecular formula is C43H73N11O14. The number of aliphatic hydroxyl groups excluding tert-OH is 1. The second-order valence-electron chi connectivity index (χ2n) is 17.9. The minimum atomic E-state index is -1.35. The zero-order valence-corrected chi connectivity index (χ0v) is 39.9. The lowest BCUT2D eigenvalue weighted by atomic mass is 10.0. The van der Waals surface area contributed by atoms with Gasteiger partial charge in [0, 0.05) is 33.2 Å². The molecule has 0 unspecified atom stereocenters. The Balaban J connectivity index is 1.97. The van der Waals surface area contributed by atoms with Crippen molar-refractivity contribution in [1.29, 1.82) is 0 Å². The molecule has 0 radical (unpaired) electrons. The summed E-state index contributed by atoms with van der Waals surface area (Å²) in [5.74, 6) is -8.64. The minimum Gasteiger partial charge on any atom is -0.480 e. The maximum absolute atomic E-state index is 13.4. The van der Waals surface area contributed by atoms with Gasteiger partial charge in [-0.15, -0.1) is 0 Å². The van der Waals surface area contributed by atoms with E-state index in [-0.39, 0.29) is 63.5 Å². The molecule has 2 aliphatic heterocycles. The van der Waals surface area contributed by atoms with E-state index in [9.17, 15) is 63.0 Å². The topological polar surface area (TPSA) is 375 Å². The summed E-state index contributed by atoms with van der Waals surface area (Å²) >= 11 is 0. The van der Waals surface area contributed by atoms with E-state index in [1.54, 1.807) is 27.7 Å². The van der Waals surface area contributed by atoms with Gasteiger partial charge < -0.3 is 73.4 Å². The second-order valence-corrected chi connectivity index (χ2v) is 17.9. The molecule has 25 nitrogen and oxygen atoms in total. The van der Waals surface area contributed by atoms with E-state index in [0.717, 1.165) is 0 Å². The van der Waals surface area contributed by atoms with Crippen LogP contribution in [0, 0.1) is 11.8 Å². The van der Waals surface area contributed by atoms with Gasteiger partial charge in [0.05, 0.1) is 31.8 Å². The molecule has 2 rings (SSSR count). The van der Waals surface area contributed by atoms with Crippen molar-refractivity contribution in [3.05, 3.63) is 0 Å². The molecule has 0 spiro atoms. The van der Waals surface area contributed by atoms with Crippen LogP contribution < -0.4 is 53.6 Å². The van der Waals surface area contributed by atoms with Gasteiger partial charge in [-0.25, -0.2) is 4.79 Å². The smallest absolute Gasteiger partial charge is 0.326 e.